The number of pyridine rings is 2. The van der Waals surface area contributed by atoms with E-state index < -0.39 is 5.82 Å². The number of piperazine rings is 1. The highest BCUT2D eigenvalue weighted by atomic mass is 19.1. The Bertz CT molecular complexity index is 1360. The van der Waals surface area contributed by atoms with Gasteiger partial charge in [-0.25, -0.2) is 14.4 Å². The summed E-state index contributed by atoms with van der Waals surface area (Å²) in [7, 11) is 5.15. The highest BCUT2D eigenvalue weighted by Gasteiger charge is 2.15. The summed E-state index contributed by atoms with van der Waals surface area (Å²) in [4.78, 5) is 13.9. The summed E-state index contributed by atoms with van der Waals surface area (Å²) in [5.74, 6) is 1.69. The third-order valence-corrected chi connectivity index (χ3v) is 6.58. The zero-order chi connectivity index (χ0) is 27.1. The van der Waals surface area contributed by atoms with Gasteiger partial charge in [0.1, 0.15) is 17.4 Å². The van der Waals surface area contributed by atoms with Gasteiger partial charge in [-0.15, -0.1) is 0 Å². The van der Waals surface area contributed by atoms with Crippen molar-refractivity contribution >= 4 is 22.4 Å². The number of nitrogens with zero attached hydrogens (tertiary/aromatic N) is 4. The van der Waals surface area contributed by atoms with Crippen molar-refractivity contribution in [3.8, 4) is 22.6 Å². The molecule has 0 aliphatic carbocycles. The van der Waals surface area contributed by atoms with Crippen LogP contribution in [0.5, 0.6) is 11.5 Å². The quantitative estimate of drug-likeness (QED) is 0.324. The normalized spacial score (nSPS) is 14.1. The second kappa shape index (κ2) is 12.7. The minimum Gasteiger partial charge on any atom is -0.497 e. The molecular formula is C30H36FN5O2. The summed E-state index contributed by atoms with van der Waals surface area (Å²) in [6.45, 7) is 9.28. The molecule has 0 radical (unpaired) electrons. The topological polar surface area (TPSA) is 62.8 Å². The van der Waals surface area contributed by atoms with Gasteiger partial charge in [0.15, 0.2) is 11.6 Å². The molecular weight excluding hydrogens is 481 g/mol. The molecule has 1 aliphatic heterocycles. The minimum absolute atomic E-state index is 0.143. The Hall–Kier alpha value is -3.75. The van der Waals surface area contributed by atoms with E-state index in [1.807, 2.05) is 50.4 Å². The van der Waals surface area contributed by atoms with Crippen LogP contribution in [0.3, 0.4) is 0 Å². The summed E-state index contributed by atoms with van der Waals surface area (Å²) >= 11 is 0. The van der Waals surface area contributed by atoms with E-state index in [2.05, 4.69) is 38.2 Å². The van der Waals surface area contributed by atoms with Crippen molar-refractivity contribution in [3.05, 3.63) is 72.3 Å². The fourth-order valence-corrected chi connectivity index (χ4v) is 4.41. The largest absolute Gasteiger partial charge is 0.497 e. The van der Waals surface area contributed by atoms with Gasteiger partial charge in [-0.2, -0.15) is 0 Å². The zero-order valence-electron chi connectivity index (χ0n) is 22.8. The van der Waals surface area contributed by atoms with Gasteiger partial charge < -0.3 is 19.7 Å². The summed E-state index contributed by atoms with van der Waals surface area (Å²) < 4.78 is 25.4. The molecule has 2 aromatic carbocycles. The van der Waals surface area contributed by atoms with Gasteiger partial charge in [0.2, 0.25) is 0 Å². The van der Waals surface area contributed by atoms with Gasteiger partial charge in [0.25, 0.3) is 0 Å². The number of rotatable bonds is 7. The number of likely N-dealkylation sites (N-methyl/N-ethyl adjacent to an activating group) is 1. The van der Waals surface area contributed by atoms with Gasteiger partial charge >= 0.3 is 0 Å². The molecule has 1 fully saturated rings. The highest BCUT2D eigenvalue weighted by molar-refractivity contribution is 5.89. The van der Waals surface area contributed by atoms with Gasteiger partial charge in [0.05, 0.1) is 14.2 Å². The second-order valence-corrected chi connectivity index (χ2v) is 9.08. The van der Waals surface area contributed by atoms with Crippen LogP contribution in [0.2, 0.25) is 0 Å². The lowest BCUT2D eigenvalue weighted by molar-refractivity contribution is 0.148. The van der Waals surface area contributed by atoms with Gasteiger partial charge in [-0.05, 0) is 47.8 Å². The van der Waals surface area contributed by atoms with E-state index in [1.54, 1.807) is 19.4 Å². The Morgan fingerprint density at radius 3 is 2.29 bits per heavy atom. The molecule has 38 heavy (non-hydrogen) atoms. The molecule has 7 nitrogen and oxygen atoms in total. The average molecular weight is 518 g/mol. The van der Waals surface area contributed by atoms with E-state index in [9.17, 15) is 4.39 Å². The molecule has 0 bridgehead atoms. The minimum atomic E-state index is -0.425. The number of nitrogens with one attached hydrogen (secondary N) is 1. The molecule has 0 spiro atoms. The van der Waals surface area contributed by atoms with Crippen molar-refractivity contribution in [1.29, 1.82) is 0 Å². The highest BCUT2D eigenvalue weighted by Crippen LogP contribution is 2.35. The Morgan fingerprint density at radius 1 is 0.842 bits per heavy atom. The van der Waals surface area contributed by atoms with Crippen molar-refractivity contribution in [2.75, 3.05) is 52.8 Å². The lowest BCUT2D eigenvalue weighted by atomic mass is 10.0. The van der Waals surface area contributed by atoms with Crippen molar-refractivity contribution in [1.82, 2.24) is 19.8 Å². The van der Waals surface area contributed by atoms with Gasteiger partial charge in [-0.1, -0.05) is 32.0 Å². The number of methoxy groups -OCH3 is 2. The van der Waals surface area contributed by atoms with Crippen LogP contribution in [0.4, 0.5) is 16.0 Å². The Morgan fingerprint density at radius 2 is 1.61 bits per heavy atom. The van der Waals surface area contributed by atoms with E-state index in [0.717, 1.165) is 54.9 Å². The summed E-state index contributed by atoms with van der Waals surface area (Å²) in [5.41, 5.74) is 2.33. The lowest BCUT2D eigenvalue weighted by Crippen LogP contribution is -2.43. The molecule has 200 valence electrons. The first-order chi connectivity index (χ1) is 18.5. The van der Waals surface area contributed by atoms with Crippen LogP contribution in [-0.2, 0) is 6.54 Å². The molecule has 0 unspecified atom stereocenters. The maximum atomic E-state index is 14.9. The number of hydrogen-bond donors (Lipinski definition) is 1. The number of anilines is 2. The van der Waals surface area contributed by atoms with Crippen molar-refractivity contribution < 1.29 is 13.9 Å². The number of hydrogen-bond acceptors (Lipinski definition) is 7. The number of halogens is 1. The molecule has 1 N–H and O–H groups in total. The third kappa shape index (κ3) is 6.38. The van der Waals surface area contributed by atoms with E-state index in [0.29, 0.717) is 17.1 Å². The fraction of sp³-hybridized carbons (Fsp3) is 0.333. The standard InChI is InChI=1S/C28H30FN5O2.C2H6/c1-33-8-10-34(11-9-33)18-19-4-7-26(30-16-19)32-27-13-20-5-6-21(12-22(20)17-31-27)24-14-23(35-2)15-25(36-3)28(24)29;1-2/h4-7,12-17H,8-11,18H2,1-3H3,(H,30,31,32);1-2H3. The first kappa shape index (κ1) is 27.3. The molecule has 4 aromatic rings. The number of fused-ring (bicyclic) bond motifs is 1. The van der Waals surface area contributed by atoms with Crippen LogP contribution in [0.25, 0.3) is 21.9 Å². The summed E-state index contributed by atoms with van der Waals surface area (Å²) in [6.07, 6.45) is 3.70. The first-order valence-corrected chi connectivity index (χ1v) is 13.0. The van der Waals surface area contributed by atoms with E-state index in [1.165, 1.54) is 18.7 Å². The van der Waals surface area contributed by atoms with Crippen LogP contribution in [0, 0.1) is 5.82 Å². The molecule has 3 heterocycles. The van der Waals surface area contributed by atoms with Crippen LogP contribution < -0.4 is 14.8 Å². The van der Waals surface area contributed by atoms with Crippen molar-refractivity contribution in [2.24, 2.45) is 0 Å². The molecule has 8 heteroatoms. The number of aromatic nitrogens is 2. The molecule has 1 saturated heterocycles. The number of ether oxygens (including phenoxy) is 2. The SMILES string of the molecule is CC.COc1cc(OC)c(F)c(-c2ccc3cc(Nc4ccc(CN5CCN(C)CC5)cn4)ncc3c2)c1. The zero-order valence-corrected chi connectivity index (χ0v) is 22.8. The maximum Gasteiger partial charge on any atom is 0.173 e. The molecule has 2 aromatic heterocycles. The molecule has 1 aliphatic rings. The summed E-state index contributed by atoms with van der Waals surface area (Å²) in [6, 6.07) is 15.0. The predicted molar refractivity (Wildman–Crippen MR) is 152 cm³/mol. The number of benzene rings is 2. The van der Waals surface area contributed by atoms with Crippen LogP contribution in [-0.4, -0.2) is 67.2 Å². The van der Waals surface area contributed by atoms with Crippen molar-refractivity contribution in [2.45, 2.75) is 20.4 Å². The molecule has 0 atom stereocenters. The van der Waals surface area contributed by atoms with Crippen LogP contribution in [0.15, 0.2) is 60.9 Å². The maximum absolute atomic E-state index is 14.9. The van der Waals surface area contributed by atoms with E-state index >= 15 is 0 Å². The van der Waals surface area contributed by atoms with Crippen LogP contribution in [0.1, 0.15) is 19.4 Å². The third-order valence-electron chi connectivity index (χ3n) is 6.58. The molecule has 0 amide bonds. The van der Waals surface area contributed by atoms with Gasteiger partial charge in [0, 0.05) is 62.1 Å². The molecule has 0 saturated carbocycles. The monoisotopic (exact) mass is 517 g/mol. The Balaban J connectivity index is 0.00000164. The second-order valence-electron chi connectivity index (χ2n) is 9.08. The lowest BCUT2D eigenvalue weighted by Gasteiger charge is -2.32. The fourth-order valence-electron chi connectivity index (χ4n) is 4.41. The summed E-state index contributed by atoms with van der Waals surface area (Å²) in [5, 5.41) is 5.17. The Labute approximate surface area is 224 Å². The van der Waals surface area contributed by atoms with Gasteiger partial charge in [-0.3, -0.25) is 4.90 Å². The first-order valence-electron chi connectivity index (χ1n) is 13.0. The Kier molecular flexibility index (Phi) is 9.10. The smallest absolute Gasteiger partial charge is 0.173 e. The van der Waals surface area contributed by atoms with Crippen molar-refractivity contribution in [3.63, 3.8) is 0 Å². The average Bonchev–Trinajstić information content (AvgIpc) is 2.96. The van der Waals surface area contributed by atoms with E-state index in [4.69, 9.17) is 9.47 Å². The predicted octanol–water partition coefficient (Wildman–Crippen LogP) is 5.97. The van der Waals surface area contributed by atoms with E-state index in [-0.39, 0.29) is 5.75 Å². The van der Waals surface area contributed by atoms with Crippen LogP contribution >= 0.6 is 0 Å². The molecule has 5 rings (SSSR count).